The summed E-state index contributed by atoms with van der Waals surface area (Å²) in [5.74, 6) is 0.993. The fourth-order valence-electron chi connectivity index (χ4n) is 3.51. The highest BCUT2D eigenvalue weighted by molar-refractivity contribution is 7.98. The van der Waals surface area contributed by atoms with Gasteiger partial charge in [-0.05, 0) is 53.6 Å². The predicted molar refractivity (Wildman–Crippen MR) is 132 cm³/mol. The second-order valence-corrected chi connectivity index (χ2v) is 8.58. The minimum absolute atomic E-state index is 0.0924. The maximum atomic E-state index is 13.1. The van der Waals surface area contributed by atoms with Gasteiger partial charge in [0.25, 0.3) is 6.43 Å². The minimum atomic E-state index is -2.65. The van der Waals surface area contributed by atoms with Gasteiger partial charge in [-0.25, -0.2) is 18.7 Å². The quantitative estimate of drug-likeness (QED) is 0.118. The number of carbonyl (C=O) groups is 1. The van der Waals surface area contributed by atoms with Crippen LogP contribution in [0.3, 0.4) is 0 Å². The molecule has 4 aromatic rings. The number of ketones is 1. The van der Waals surface area contributed by atoms with E-state index in [4.69, 9.17) is 4.74 Å². The van der Waals surface area contributed by atoms with Crippen molar-refractivity contribution in [2.24, 2.45) is 0 Å². The van der Waals surface area contributed by atoms with Crippen LogP contribution in [-0.2, 0) is 5.75 Å². The molecule has 0 saturated carbocycles. The van der Waals surface area contributed by atoms with Crippen LogP contribution < -0.4 is 4.74 Å². The maximum absolute atomic E-state index is 13.1. The van der Waals surface area contributed by atoms with E-state index in [0.29, 0.717) is 22.8 Å². The van der Waals surface area contributed by atoms with Crippen LogP contribution in [-0.4, -0.2) is 22.9 Å². The van der Waals surface area contributed by atoms with E-state index in [0.717, 1.165) is 21.9 Å². The standard InChI is InChI=1S/C27H22F2N2O2S/c1-17-13-23(26(28)29)31-27(30-17)34-16-22-14-18(8-12-25(22)33-2)7-11-24(32)21-10-9-19-5-3-4-6-20(19)15-21/h3-15,26H,16H2,1-2H3/b11-7+. The summed E-state index contributed by atoms with van der Waals surface area (Å²) in [6.07, 6.45) is 0.647. The van der Waals surface area contributed by atoms with E-state index in [1.807, 2.05) is 60.7 Å². The number of benzene rings is 3. The summed E-state index contributed by atoms with van der Waals surface area (Å²) in [5.41, 5.74) is 2.49. The van der Waals surface area contributed by atoms with Crippen LogP contribution in [0.2, 0.25) is 0 Å². The topological polar surface area (TPSA) is 52.1 Å². The largest absolute Gasteiger partial charge is 0.496 e. The number of rotatable bonds is 8. The molecule has 172 valence electrons. The SMILES string of the molecule is COc1ccc(/C=C/C(=O)c2ccc3ccccc3c2)cc1CSc1nc(C)cc(C(F)F)n1. The normalized spacial score (nSPS) is 11.4. The molecule has 0 bridgehead atoms. The summed E-state index contributed by atoms with van der Waals surface area (Å²) in [4.78, 5) is 20.9. The van der Waals surface area contributed by atoms with Crippen molar-refractivity contribution in [1.82, 2.24) is 9.97 Å². The number of allylic oxidation sites excluding steroid dienone is 1. The number of aromatic nitrogens is 2. The number of carbonyl (C=O) groups excluding carboxylic acids is 1. The number of ether oxygens (including phenoxy) is 1. The summed E-state index contributed by atoms with van der Waals surface area (Å²) >= 11 is 1.25. The molecule has 7 heteroatoms. The maximum Gasteiger partial charge on any atom is 0.280 e. The van der Waals surface area contributed by atoms with Crippen molar-refractivity contribution in [2.45, 2.75) is 24.3 Å². The van der Waals surface area contributed by atoms with Crippen molar-refractivity contribution in [2.75, 3.05) is 7.11 Å². The lowest BCUT2D eigenvalue weighted by molar-refractivity contribution is 0.104. The number of hydrogen-bond acceptors (Lipinski definition) is 5. The van der Waals surface area contributed by atoms with E-state index in [1.54, 1.807) is 26.2 Å². The van der Waals surface area contributed by atoms with E-state index >= 15 is 0 Å². The van der Waals surface area contributed by atoms with Crippen LogP contribution in [0.4, 0.5) is 8.78 Å². The van der Waals surface area contributed by atoms with Gasteiger partial charge in [-0.15, -0.1) is 0 Å². The van der Waals surface area contributed by atoms with Gasteiger partial charge in [0.1, 0.15) is 11.4 Å². The van der Waals surface area contributed by atoms with E-state index in [9.17, 15) is 13.6 Å². The number of hydrogen-bond donors (Lipinski definition) is 0. The van der Waals surface area contributed by atoms with Gasteiger partial charge in [0.2, 0.25) is 0 Å². The van der Waals surface area contributed by atoms with E-state index in [2.05, 4.69) is 9.97 Å². The fourth-order valence-corrected chi connectivity index (χ4v) is 4.40. The summed E-state index contributed by atoms with van der Waals surface area (Å²) in [7, 11) is 1.57. The highest BCUT2D eigenvalue weighted by atomic mass is 32.2. The van der Waals surface area contributed by atoms with Gasteiger partial charge >= 0.3 is 0 Å². The molecule has 0 spiro atoms. The summed E-state index contributed by atoms with van der Waals surface area (Å²) < 4.78 is 31.6. The predicted octanol–water partition coefficient (Wildman–Crippen LogP) is 7.07. The average Bonchev–Trinajstić information content (AvgIpc) is 2.85. The lowest BCUT2D eigenvalue weighted by Gasteiger charge is -2.10. The molecule has 0 saturated heterocycles. The van der Waals surface area contributed by atoms with Crippen LogP contribution in [0.1, 0.15) is 39.3 Å². The fraction of sp³-hybridized carbons (Fsp3) is 0.148. The molecule has 0 aliphatic heterocycles. The van der Waals surface area contributed by atoms with Crippen LogP contribution in [0.15, 0.2) is 78.0 Å². The molecule has 0 N–H and O–H groups in total. The van der Waals surface area contributed by atoms with Crippen molar-refractivity contribution in [3.05, 3.63) is 101 Å². The molecule has 0 radical (unpaired) electrons. The lowest BCUT2D eigenvalue weighted by Crippen LogP contribution is -1.98. The van der Waals surface area contributed by atoms with Gasteiger partial charge in [0.15, 0.2) is 10.9 Å². The van der Waals surface area contributed by atoms with Gasteiger partial charge in [-0.2, -0.15) is 0 Å². The summed E-state index contributed by atoms with van der Waals surface area (Å²) in [6.45, 7) is 1.66. The summed E-state index contributed by atoms with van der Waals surface area (Å²) in [6, 6.07) is 20.4. The molecule has 3 aromatic carbocycles. The third-order valence-electron chi connectivity index (χ3n) is 5.20. The first-order chi connectivity index (χ1) is 16.4. The number of methoxy groups -OCH3 is 1. The molecule has 1 aromatic heterocycles. The average molecular weight is 477 g/mol. The number of fused-ring (bicyclic) bond motifs is 1. The first-order valence-electron chi connectivity index (χ1n) is 10.6. The van der Waals surface area contributed by atoms with Crippen molar-refractivity contribution in [3.63, 3.8) is 0 Å². The molecule has 0 aliphatic carbocycles. The van der Waals surface area contributed by atoms with Crippen molar-refractivity contribution >= 4 is 34.4 Å². The molecule has 0 aliphatic rings. The molecule has 0 atom stereocenters. The molecular formula is C27H22F2N2O2S. The number of alkyl halides is 2. The van der Waals surface area contributed by atoms with Crippen molar-refractivity contribution < 1.29 is 18.3 Å². The monoisotopic (exact) mass is 476 g/mol. The van der Waals surface area contributed by atoms with Crippen molar-refractivity contribution in [3.8, 4) is 5.75 Å². The number of thioether (sulfide) groups is 1. The molecule has 0 amide bonds. The lowest BCUT2D eigenvalue weighted by atomic mass is 10.0. The third kappa shape index (κ3) is 5.66. The smallest absolute Gasteiger partial charge is 0.280 e. The van der Waals surface area contributed by atoms with Gasteiger partial charge in [0.05, 0.1) is 7.11 Å². The van der Waals surface area contributed by atoms with Crippen molar-refractivity contribution in [1.29, 1.82) is 0 Å². The van der Waals surface area contributed by atoms with Crippen LogP contribution in [0, 0.1) is 6.92 Å². The Hall–Kier alpha value is -3.58. The second-order valence-electron chi connectivity index (χ2n) is 7.64. The third-order valence-corrected chi connectivity index (χ3v) is 6.10. The zero-order valence-corrected chi connectivity index (χ0v) is 19.5. The molecule has 34 heavy (non-hydrogen) atoms. The Balaban J connectivity index is 1.51. The summed E-state index contributed by atoms with van der Waals surface area (Å²) in [5, 5.41) is 2.38. The second kappa shape index (κ2) is 10.6. The first kappa shape index (κ1) is 23.6. The molecule has 0 unspecified atom stereocenters. The van der Waals surface area contributed by atoms with E-state index in [-0.39, 0.29) is 16.6 Å². The van der Waals surface area contributed by atoms with Gasteiger partial charge in [-0.3, -0.25) is 4.79 Å². The Morgan fingerprint density at radius 2 is 1.82 bits per heavy atom. The number of aryl methyl sites for hydroxylation is 1. The highest BCUT2D eigenvalue weighted by Gasteiger charge is 2.13. The van der Waals surface area contributed by atoms with Gasteiger partial charge < -0.3 is 4.74 Å². The Bertz CT molecular complexity index is 1370. The van der Waals surface area contributed by atoms with Crippen LogP contribution in [0.25, 0.3) is 16.8 Å². The zero-order valence-electron chi connectivity index (χ0n) is 18.7. The number of halogens is 2. The molecule has 4 nitrogen and oxygen atoms in total. The molecule has 1 heterocycles. The minimum Gasteiger partial charge on any atom is -0.496 e. The van der Waals surface area contributed by atoms with E-state index in [1.165, 1.54) is 17.8 Å². The molecule has 0 fully saturated rings. The molecule has 4 rings (SSSR count). The van der Waals surface area contributed by atoms with Crippen LogP contribution in [0.5, 0.6) is 5.75 Å². The Morgan fingerprint density at radius 3 is 2.59 bits per heavy atom. The number of nitrogens with zero attached hydrogens (tertiary/aromatic N) is 2. The molecular weight excluding hydrogens is 454 g/mol. The highest BCUT2D eigenvalue weighted by Crippen LogP contribution is 2.29. The Labute approximate surface area is 200 Å². The Kier molecular flexibility index (Phi) is 7.33. The van der Waals surface area contributed by atoms with Crippen LogP contribution >= 0.6 is 11.8 Å². The van der Waals surface area contributed by atoms with Gasteiger partial charge in [0, 0.05) is 22.6 Å². The van der Waals surface area contributed by atoms with E-state index < -0.39 is 6.43 Å². The van der Waals surface area contributed by atoms with Gasteiger partial charge in [-0.1, -0.05) is 60.3 Å². The zero-order chi connectivity index (χ0) is 24.1. The Morgan fingerprint density at radius 1 is 1.03 bits per heavy atom. The first-order valence-corrected chi connectivity index (χ1v) is 11.6.